The van der Waals surface area contributed by atoms with Gasteiger partial charge in [-0.05, 0) is 85.5 Å². The molecule has 1 saturated heterocycles. The number of nitrogens with one attached hydrogen (secondary N) is 2. The molecule has 4 rings (SSSR count). The lowest BCUT2D eigenvalue weighted by Gasteiger charge is -2.34. The van der Waals surface area contributed by atoms with Crippen molar-refractivity contribution in [1.82, 2.24) is 20.1 Å². The molecule has 8 nitrogen and oxygen atoms in total. The zero-order valence-corrected chi connectivity index (χ0v) is 30.2. The molecule has 2 aromatic carbocycles. The second-order valence-corrected chi connectivity index (χ2v) is 13.0. The first kappa shape index (κ1) is 44.7. The average Bonchev–Trinajstić information content (AvgIpc) is 3.04. The highest BCUT2D eigenvalue weighted by Crippen LogP contribution is 2.41. The number of pyridine rings is 1. The molecule has 0 spiro atoms. The Morgan fingerprint density at radius 2 is 1.53 bits per heavy atom. The Morgan fingerprint density at radius 3 is 2.00 bits per heavy atom. The van der Waals surface area contributed by atoms with Crippen LogP contribution in [0.2, 0.25) is 0 Å². The summed E-state index contributed by atoms with van der Waals surface area (Å²) in [7, 11) is 1.36. The van der Waals surface area contributed by atoms with E-state index in [4.69, 9.17) is 0 Å². The molecular formula is C37H44F8N4O4. The first-order chi connectivity index (χ1) is 24.7. The highest BCUT2D eigenvalue weighted by Gasteiger charge is 2.37. The number of aromatic nitrogens is 1. The molecule has 1 aromatic heterocycles. The van der Waals surface area contributed by atoms with Crippen LogP contribution >= 0.6 is 0 Å². The molecule has 1 aliphatic rings. The van der Waals surface area contributed by atoms with Crippen molar-refractivity contribution < 1.29 is 49.5 Å². The van der Waals surface area contributed by atoms with E-state index in [-0.39, 0.29) is 46.3 Å². The third kappa shape index (κ3) is 12.9. The summed E-state index contributed by atoms with van der Waals surface area (Å²) in [4.78, 5) is 46.7. The van der Waals surface area contributed by atoms with Crippen molar-refractivity contribution in [3.8, 4) is 11.1 Å². The van der Waals surface area contributed by atoms with Crippen LogP contribution in [-0.4, -0.2) is 67.3 Å². The monoisotopic (exact) mass is 760 g/mol. The minimum Gasteiger partial charge on any atom is -0.345 e. The fraction of sp³-hybridized carbons (Fsp3) is 0.459. The number of rotatable bonds is 11. The quantitative estimate of drug-likeness (QED) is 0.160. The Labute approximate surface area is 302 Å². The number of amides is 1. The minimum atomic E-state index is -5.03. The summed E-state index contributed by atoms with van der Waals surface area (Å²) in [6.07, 6.45) is -8.11. The largest absolute Gasteiger partial charge is 0.419 e. The highest BCUT2D eigenvalue weighted by atomic mass is 19.4. The van der Waals surface area contributed by atoms with Crippen LogP contribution in [0.25, 0.3) is 11.1 Å². The summed E-state index contributed by atoms with van der Waals surface area (Å²) in [5.74, 6) is -1.26. The number of carbonyl (C=O) groups is 3. The highest BCUT2D eigenvalue weighted by molar-refractivity contribution is 5.94. The summed E-state index contributed by atoms with van der Waals surface area (Å²) in [5, 5.41) is 4.92. The lowest BCUT2D eigenvalue weighted by atomic mass is 9.89. The van der Waals surface area contributed by atoms with E-state index in [1.165, 1.54) is 31.5 Å². The van der Waals surface area contributed by atoms with Gasteiger partial charge in [0.1, 0.15) is 30.1 Å². The molecule has 1 atom stereocenters. The molecule has 2 heterocycles. The Bertz CT molecular complexity index is 1740. The molecule has 0 radical (unpaired) electrons. The Kier molecular flexibility index (Phi) is 16.5. The number of aryl methyl sites for hydroxylation is 2. The predicted octanol–water partition coefficient (Wildman–Crippen LogP) is 7.09. The number of nitrogens with zero attached hydrogens (tertiary/aromatic N) is 2. The van der Waals surface area contributed by atoms with E-state index in [0.717, 1.165) is 24.1 Å². The minimum absolute atomic E-state index is 0.00123. The van der Waals surface area contributed by atoms with Crippen LogP contribution in [0.4, 0.5) is 35.1 Å². The predicted molar refractivity (Wildman–Crippen MR) is 185 cm³/mol. The van der Waals surface area contributed by atoms with Gasteiger partial charge >= 0.3 is 12.4 Å². The number of likely N-dealkylation sites (tertiary alicyclic amines) is 1. The molecule has 1 fully saturated rings. The molecule has 2 N–H and O–H groups in total. The van der Waals surface area contributed by atoms with Gasteiger partial charge in [-0.1, -0.05) is 20.8 Å². The first-order valence-corrected chi connectivity index (χ1v) is 16.6. The molecule has 0 saturated carbocycles. The van der Waals surface area contributed by atoms with Crippen LogP contribution in [-0.2, 0) is 28.5 Å². The van der Waals surface area contributed by atoms with E-state index in [1.807, 2.05) is 4.90 Å². The zero-order valence-electron chi connectivity index (χ0n) is 30.2. The van der Waals surface area contributed by atoms with Gasteiger partial charge in [0.15, 0.2) is 0 Å². The van der Waals surface area contributed by atoms with Crippen molar-refractivity contribution in [2.45, 2.75) is 72.2 Å². The average molecular weight is 761 g/mol. The lowest BCUT2D eigenvalue weighted by Crippen LogP contribution is -2.49. The maximum absolute atomic E-state index is 14.6. The number of carbonyl (C=O) groups excluding carboxylic acids is 3. The fourth-order valence-electron chi connectivity index (χ4n) is 5.38. The SMILES string of the molecule is CC(C)C.CNC(CC=O)c1cc(-c2c(C)cc(C(F)(F)F)cc2C)cc(C(F)(F)F)c1F.O=CCNC(=O)c1cccn(CCN2CC(F)C2)c1=O. The molecule has 16 heteroatoms. The van der Waals surface area contributed by atoms with Crippen LogP contribution in [0.5, 0.6) is 0 Å². The van der Waals surface area contributed by atoms with E-state index in [2.05, 4.69) is 31.4 Å². The standard InChI is InChI=1S/C20H18F7NO.C13H16FN3O3.C4H10/c1-10-6-13(19(22,23)24)7-11(2)17(10)12-8-14(16(28-3)4-5-29)18(21)15(9-12)20(25,26)27;14-10-8-16(9-10)5-6-17-4-1-2-11(13(17)20)12(19)15-3-7-18;1-4(2)3/h5-9,16,28H,4H2,1-3H3;1-2,4,7,10H,3,5-6,8-9H2,(H,15,19);4H,1-3H3. The summed E-state index contributed by atoms with van der Waals surface area (Å²) in [5.41, 5.74) is -3.01. The van der Waals surface area contributed by atoms with Gasteiger partial charge in [0.25, 0.3) is 11.5 Å². The van der Waals surface area contributed by atoms with Crippen molar-refractivity contribution in [2.75, 3.05) is 33.2 Å². The number of aldehydes is 2. The smallest absolute Gasteiger partial charge is 0.345 e. The van der Waals surface area contributed by atoms with Crippen molar-refractivity contribution in [2.24, 2.45) is 5.92 Å². The third-order valence-electron chi connectivity index (χ3n) is 7.79. The van der Waals surface area contributed by atoms with E-state index in [9.17, 15) is 54.3 Å². The van der Waals surface area contributed by atoms with E-state index >= 15 is 0 Å². The van der Waals surface area contributed by atoms with Crippen molar-refractivity contribution in [3.63, 3.8) is 0 Å². The van der Waals surface area contributed by atoms with E-state index in [1.54, 1.807) is 12.3 Å². The molecule has 292 valence electrons. The summed E-state index contributed by atoms with van der Waals surface area (Å²) < 4.78 is 108. The van der Waals surface area contributed by atoms with Crippen LogP contribution < -0.4 is 16.2 Å². The van der Waals surface area contributed by atoms with Crippen LogP contribution in [0.3, 0.4) is 0 Å². The van der Waals surface area contributed by atoms with Gasteiger partial charge in [0.2, 0.25) is 0 Å². The van der Waals surface area contributed by atoms with Gasteiger partial charge < -0.3 is 24.8 Å². The third-order valence-corrected chi connectivity index (χ3v) is 7.79. The van der Waals surface area contributed by atoms with Gasteiger partial charge in [-0.25, -0.2) is 8.78 Å². The van der Waals surface area contributed by atoms with Crippen molar-refractivity contribution in [3.05, 3.63) is 92.1 Å². The van der Waals surface area contributed by atoms with Crippen LogP contribution in [0, 0.1) is 25.6 Å². The Morgan fingerprint density at radius 1 is 0.943 bits per heavy atom. The summed E-state index contributed by atoms with van der Waals surface area (Å²) >= 11 is 0. The number of halogens is 8. The number of hydrogen-bond donors (Lipinski definition) is 2. The van der Waals surface area contributed by atoms with E-state index in [0.29, 0.717) is 44.8 Å². The molecule has 3 aromatic rings. The second-order valence-electron chi connectivity index (χ2n) is 13.0. The summed E-state index contributed by atoms with van der Waals surface area (Å²) in [6, 6.07) is 5.38. The van der Waals surface area contributed by atoms with Crippen LogP contribution in [0.1, 0.15) is 71.4 Å². The molecule has 1 unspecified atom stereocenters. The molecule has 53 heavy (non-hydrogen) atoms. The zero-order chi connectivity index (χ0) is 40.3. The topological polar surface area (TPSA) is 101 Å². The van der Waals surface area contributed by atoms with Crippen molar-refractivity contribution >= 4 is 18.5 Å². The van der Waals surface area contributed by atoms with Crippen LogP contribution in [0.15, 0.2) is 47.4 Å². The van der Waals surface area contributed by atoms with Gasteiger partial charge in [0, 0.05) is 50.4 Å². The first-order valence-electron chi connectivity index (χ1n) is 16.6. The molecule has 1 aliphatic heterocycles. The second kappa shape index (κ2) is 19.6. The van der Waals surface area contributed by atoms with Gasteiger partial charge in [0.05, 0.1) is 17.7 Å². The maximum Gasteiger partial charge on any atom is 0.419 e. The normalized spacial score (nSPS) is 13.9. The Balaban J connectivity index is 0.000000351. The maximum atomic E-state index is 14.6. The van der Waals surface area contributed by atoms with Crippen molar-refractivity contribution in [1.29, 1.82) is 0 Å². The fourth-order valence-corrected chi connectivity index (χ4v) is 5.38. The molecular weight excluding hydrogens is 716 g/mol. The van der Waals surface area contributed by atoms with Gasteiger partial charge in [-0.2, -0.15) is 26.3 Å². The number of alkyl halides is 7. The Hall–Kier alpha value is -4.44. The number of benzene rings is 2. The molecule has 1 amide bonds. The summed E-state index contributed by atoms with van der Waals surface area (Å²) in [6.45, 7) is 10.8. The molecule has 0 bridgehead atoms. The van der Waals surface area contributed by atoms with Gasteiger partial charge in [-0.3, -0.25) is 14.5 Å². The number of hydrogen-bond acceptors (Lipinski definition) is 6. The van der Waals surface area contributed by atoms with Gasteiger partial charge in [-0.15, -0.1) is 0 Å². The lowest BCUT2D eigenvalue weighted by molar-refractivity contribution is -0.140. The van der Waals surface area contributed by atoms with E-state index < -0.39 is 53.0 Å². The molecule has 0 aliphatic carbocycles.